The molecule has 0 radical (unpaired) electrons. The fraction of sp³-hybridized carbons (Fsp3) is 0.261. The van der Waals surface area contributed by atoms with Gasteiger partial charge in [0.05, 0.1) is 6.42 Å². The molecule has 0 atom stereocenters. The van der Waals surface area contributed by atoms with E-state index in [0.717, 1.165) is 19.5 Å². The first-order valence-electron chi connectivity index (χ1n) is 9.18. The number of benzene rings is 2. The summed E-state index contributed by atoms with van der Waals surface area (Å²) >= 11 is 1.74. The standard InChI is InChI=1S/C23H25NO2S/c1-18-12-22(17-27-18)16-24(11-10-23(25)26)15-21-9-5-8-20(14-21)13-19-6-3-2-4-7-19/h2-9,12,14,17H,10-11,13,15-16H2,1H3,(H,25,26). The van der Waals surface area contributed by atoms with Crippen molar-refractivity contribution in [1.29, 1.82) is 0 Å². The first-order chi connectivity index (χ1) is 13.1. The molecule has 0 spiro atoms. The van der Waals surface area contributed by atoms with Crippen molar-refractivity contribution in [2.75, 3.05) is 6.54 Å². The average Bonchev–Trinajstić information content (AvgIpc) is 3.06. The van der Waals surface area contributed by atoms with E-state index in [0.29, 0.717) is 6.54 Å². The molecule has 0 saturated carbocycles. The van der Waals surface area contributed by atoms with Crippen molar-refractivity contribution in [1.82, 2.24) is 4.90 Å². The third kappa shape index (κ3) is 6.35. The Kier molecular flexibility index (Phi) is 6.80. The number of carboxylic acid groups (broad SMARTS) is 1. The Morgan fingerprint density at radius 3 is 2.33 bits per heavy atom. The van der Waals surface area contributed by atoms with E-state index in [1.165, 1.54) is 27.1 Å². The third-order valence-electron chi connectivity index (χ3n) is 4.48. The van der Waals surface area contributed by atoms with Gasteiger partial charge in [0.15, 0.2) is 0 Å². The number of aliphatic carboxylic acids is 1. The first-order valence-corrected chi connectivity index (χ1v) is 10.1. The second-order valence-electron chi connectivity index (χ2n) is 6.90. The maximum atomic E-state index is 11.0. The summed E-state index contributed by atoms with van der Waals surface area (Å²) in [6.45, 7) is 4.18. The zero-order valence-corrected chi connectivity index (χ0v) is 16.4. The molecular formula is C23H25NO2S. The van der Waals surface area contributed by atoms with Crippen molar-refractivity contribution in [3.63, 3.8) is 0 Å². The van der Waals surface area contributed by atoms with Gasteiger partial charge >= 0.3 is 5.97 Å². The van der Waals surface area contributed by atoms with Crippen LogP contribution >= 0.6 is 11.3 Å². The molecule has 140 valence electrons. The van der Waals surface area contributed by atoms with Crippen LogP contribution in [0.25, 0.3) is 0 Å². The van der Waals surface area contributed by atoms with E-state index in [1.54, 1.807) is 11.3 Å². The van der Waals surface area contributed by atoms with Crippen LogP contribution in [-0.4, -0.2) is 22.5 Å². The van der Waals surface area contributed by atoms with Crippen molar-refractivity contribution in [3.8, 4) is 0 Å². The summed E-state index contributed by atoms with van der Waals surface area (Å²) in [6, 6.07) is 21.2. The predicted octanol–water partition coefficient (Wildman–Crippen LogP) is 5.12. The summed E-state index contributed by atoms with van der Waals surface area (Å²) < 4.78 is 0. The monoisotopic (exact) mass is 379 g/mol. The number of carboxylic acids is 1. The zero-order valence-electron chi connectivity index (χ0n) is 15.6. The van der Waals surface area contributed by atoms with Gasteiger partial charge in [0.1, 0.15) is 0 Å². The highest BCUT2D eigenvalue weighted by Crippen LogP contribution is 2.18. The minimum absolute atomic E-state index is 0.160. The Hall–Kier alpha value is -2.43. The first kappa shape index (κ1) is 19.3. The van der Waals surface area contributed by atoms with Gasteiger partial charge in [0.2, 0.25) is 0 Å². The quantitative estimate of drug-likeness (QED) is 0.561. The molecule has 0 aliphatic carbocycles. The van der Waals surface area contributed by atoms with E-state index < -0.39 is 5.97 Å². The Labute approximate surface area is 164 Å². The smallest absolute Gasteiger partial charge is 0.304 e. The van der Waals surface area contributed by atoms with Crippen LogP contribution in [0.3, 0.4) is 0 Å². The highest BCUT2D eigenvalue weighted by Gasteiger charge is 2.11. The van der Waals surface area contributed by atoms with E-state index >= 15 is 0 Å². The molecule has 0 fully saturated rings. The lowest BCUT2D eigenvalue weighted by molar-refractivity contribution is -0.137. The highest BCUT2D eigenvalue weighted by atomic mass is 32.1. The molecule has 3 nitrogen and oxygen atoms in total. The molecule has 4 heteroatoms. The van der Waals surface area contributed by atoms with Crippen LogP contribution in [0.2, 0.25) is 0 Å². The van der Waals surface area contributed by atoms with Gasteiger partial charge in [-0.3, -0.25) is 9.69 Å². The molecule has 3 rings (SSSR count). The molecule has 0 bridgehead atoms. The lowest BCUT2D eigenvalue weighted by Gasteiger charge is -2.21. The van der Waals surface area contributed by atoms with Crippen LogP contribution in [0.4, 0.5) is 0 Å². The lowest BCUT2D eigenvalue weighted by atomic mass is 10.0. The average molecular weight is 380 g/mol. The fourth-order valence-electron chi connectivity index (χ4n) is 3.23. The summed E-state index contributed by atoms with van der Waals surface area (Å²) in [6.07, 6.45) is 1.07. The minimum Gasteiger partial charge on any atom is -0.481 e. The van der Waals surface area contributed by atoms with Gasteiger partial charge in [0, 0.05) is 24.5 Å². The van der Waals surface area contributed by atoms with Gasteiger partial charge in [-0.1, -0.05) is 54.6 Å². The number of thiophene rings is 1. The summed E-state index contributed by atoms with van der Waals surface area (Å²) in [5.74, 6) is -0.751. The lowest BCUT2D eigenvalue weighted by Crippen LogP contribution is -2.25. The van der Waals surface area contributed by atoms with Gasteiger partial charge in [-0.05, 0) is 47.0 Å². The van der Waals surface area contributed by atoms with Crippen LogP contribution < -0.4 is 0 Å². The van der Waals surface area contributed by atoms with Gasteiger partial charge in [-0.25, -0.2) is 0 Å². The predicted molar refractivity (Wildman–Crippen MR) is 111 cm³/mol. The minimum atomic E-state index is -0.751. The van der Waals surface area contributed by atoms with Crippen molar-refractivity contribution < 1.29 is 9.90 Å². The van der Waals surface area contributed by atoms with Gasteiger partial charge in [0.25, 0.3) is 0 Å². The molecule has 0 aliphatic heterocycles. The Balaban J connectivity index is 1.70. The molecule has 1 N–H and O–H groups in total. The van der Waals surface area contributed by atoms with Crippen LogP contribution in [0.5, 0.6) is 0 Å². The number of hydrogen-bond donors (Lipinski definition) is 1. The number of rotatable bonds is 9. The van der Waals surface area contributed by atoms with Crippen molar-refractivity contribution >= 4 is 17.3 Å². The summed E-state index contributed by atoms with van der Waals surface area (Å²) in [4.78, 5) is 14.6. The number of carbonyl (C=O) groups is 1. The topological polar surface area (TPSA) is 40.5 Å². The normalized spacial score (nSPS) is 11.0. The second kappa shape index (κ2) is 9.49. The molecule has 0 saturated heterocycles. The number of aryl methyl sites for hydroxylation is 1. The van der Waals surface area contributed by atoms with Crippen LogP contribution in [0.1, 0.15) is 33.6 Å². The van der Waals surface area contributed by atoms with E-state index in [1.807, 2.05) is 6.07 Å². The Morgan fingerprint density at radius 1 is 0.926 bits per heavy atom. The second-order valence-corrected chi connectivity index (χ2v) is 8.02. The molecule has 0 aliphatic rings. The molecule has 2 aromatic carbocycles. The maximum Gasteiger partial charge on any atom is 0.304 e. The molecule has 0 unspecified atom stereocenters. The SMILES string of the molecule is Cc1cc(CN(CCC(=O)O)Cc2cccc(Cc3ccccc3)c2)cs1. The Morgan fingerprint density at radius 2 is 1.63 bits per heavy atom. The largest absolute Gasteiger partial charge is 0.481 e. The van der Waals surface area contributed by atoms with Gasteiger partial charge in [-0.15, -0.1) is 11.3 Å². The number of hydrogen-bond acceptors (Lipinski definition) is 3. The van der Waals surface area contributed by atoms with Gasteiger partial charge < -0.3 is 5.11 Å². The van der Waals surface area contributed by atoms with E-state index in [9.17, 15) is 4.79 Å². The molecule has 1 heterocycles. The summed E-state index contributed by atoms with van der Waals surface area (Å²) in [5, 5.41) is 11.2. The van der Waals surface area contributed by atoms with Crippen LogP contribution in [0, 0.1) is 6.92 Å². The van der Waals surface area contributed by atoms with E-state index in [2.05, 4.69) is 71.8 Å². The highest BCUT2D eigenvalue weighted by molar-refractivity contribution is 7.10. The van der Waals surface area contributed by atoms with Crippen molar-refractivity contribution in [3.05, 3.63) is 93.2 Å². The van der Waals surface area contributed by atoms with E-state index in [4.69, 9.17) is 5.11 Å². The molecule has 1 aromatic heterocycles. The van der Waals surface area contributed by atoms with E-state index in [-0.39, 0.29) is 6.42 Å². The maximum absolute atomic E-state index is 11.0. The third-order valence-corrected chi connectivity index (χ3v) is 5.39. The molecule has 0 amide bonds. The fourth-order valence-corrected chi connectivity index (χ4v) is 3.93. The zero-order chi connectivity index (χ0) is 19.1. The van der Waals surface area contributed by atoms with Crippen molar-refractivity contribution in [2.24, 2.45) is 0 Å². The molecule has 27 heavy (non-hydrogen) atoms. The summed E-state index contributed by atoms with van der Waals surface area (Å²) in [7, 11) is 0. The summed E-state index contributed by atoms with van der Waals surface area (Å²) in [5.41, 5.74) is 5.05. The van der Waals surface area contributed by atoms with Gasteiger partial charge in [-0.2, -0.15) is 0 Å². The molecule has 3 aromatic rings. The molecular weight excluding hydrogens is 354 g/mol. The van der Waals surface area contributed by atoms with Crippen LogP contribution in [-0.2, 0) is 24.3 Å². The van der Waals surface area contributed by atoms with Crippen molar-refractivity contribution in [2.45, 2.75) is 32.9 Å². The number of nitrogens with zero attached hydrogens (tertiary/aromatic N) is 1. The van der Waals surface area contributed by atoms with Crippen LogP contribution in [0.15, 0.2) is 66.0 Å². The Bertz CT molecular complexity index is 873.